The van der Waals surface area contributed by atoms with Crippen molar-refractivity contribution >= 4 is 5.97 Å². The van der Waals surface area contributed by atoms with E-state index < -0.39 is 0 Å². The lowest BCUT2D eigenvalue weighted by Gasteiger charge is -2.27. The Bertz CT molecular complexity index is 426. The van der Waals surface area contributed by atoms with E-state index in [2.05, 4.69) is 13.5 Å². The van der Waals surface area contributed by atoms with E-state index in [1.807, 2.05) is 54.4 Å². The summed E-state index contributed by atoms with van der Waals surface area (Å²) in [7, 11) is 0. The zero-order valence-electron chi connectivity index (χ0n) is 11.6. The second kappa shape index (κ2) is 8.14. The predicted molar refractivity (Wildman–Crippen MR) is 77.5 cm³/mol. The molecule has 1 aromatic rings. The number of hydrogen-bond acceptors (Lipinski definition) is 3. The normalized spacial score (nSPS) is 12.1. The minimum absolute atomic E-state index is 0.0989. The molecule has 0 unspecified atom stereocenters. The minimum Gasteiger partial charge on any atom is -0.465 e. The van der Waals surface area contributed by atoms with Gasteiger partial charge in [-0.25, -0.2) is 0 Å². The molecule has 0 aliphatic rings. The van der Waals surface area contributed by atoms with Crippen LogP contribution in [0.15, 0.2) is 55.3 Å². The van der Waals surface area contributed by atoms with Gasteiger partial charge in [-0.2, -0.15) is 0 Å². The van der Waals surface area contributed by atoms with E-state index in [1.165, 1.54) is 0 Å². The van der Waals surface area contributed by atoms with Gasteiger partial charge in [0.25, 0.3) is 0 Å². The van der Waals surface area contributed by atoms with Crippen molar-refractivity contribution in [2.24, 2.45) is 0 Å². The van der Waals surface area contributed by atoms with E-state index >= 15 is 0 Å². The van der Waals surface area contributed by atoms with Crippen LogP contribution in [-0.4, -0.2) is 24.0 Å². The van der Waals surface area contributed by atoms with Gasteiger partial charge in [-0.15, -0.1) is 0 Å². The summed E-state index contributed by atoms with van der Waals surface area (Å²) >= 11 is 0. The van der Waals surface area contributed by atoms with Crippen molar-refractivity contribution in [2.45, 2.75) is 19.9 Å². The first kappa shape index (κ1) is 15.0. The van der Waals surface area contributed by atoms with Crippen LogP contribution >= 0.6 is 0 Å². The van der Waals surface area contributed by atoms with Crippen molar-refractivity contribution in [1.82, 2.24) is 4.90 Å². The molecule has 0 aromatic heterocycles. The Morgan fingerprint density at radius 1 is 1.42 bits per heavy atom. The number of hydrogen-bond donors (Lipinski definition) is 0. The second-order valence-corrected chi connectivity index (χ2v) is 4.14. The summed E-state index contributed by atoms with van der Waals surface area (Å²) in [6.07, 6.45) is 5.37. The van der Waals surface area contributed by atoms with Crippen LogP contribution in [0.3, 0.4) is 0 Å². The maximum Gasteiger partial charge on any atom is 0.325 e. The molecule has 0 radical (unpaired) electrons. The molecule has 0 saturated heterocycles. The zero-order chi connectivity index (χ0) is 14.1. The summed E-state index contributed by atoms with van der Waals surface area (Å²) in [6.45, 7) is 8.15. The zero-order valence-corrected chi connectivity index (χ0v) is 11.6. The molecule has 3 heteroatoms. The van der Waals surface area contributed by atoms with Gasteiger partial charge in [0.15, 0.2) is 0 Å². The van der Waals surface area contributed by atoms with Crippen LogP contribution in [0.5, 0.6) is 0 Å². The molecule has 1 atom stereocenters. The molecule has 0 spiro atoms. The number of carbonyl (C=O) groups is 1. The molecule has 0 N–H and O–H groups in total. The number of rotatable bonds is 7. The number of allylic oxidation sites excluding steroid dienone is 2. The first-order valence-corrected chi connectivity index (χ1v) is 6.44. The molecule has 1 rings (SSSR count). The highest BCUT2D eigenvalue weighted by Crippen LogP contribution is 2.20. The Kier molecular flexibility index (Phi) is 6.44. The van der Waals surface area contributed by atoms with Crippen molar-refractivity contribution in [2.75, 3.05) is 13.2 Å². The first-order valence-electron chi connectivity index (χ1n) is 6.44. The fourth-order valence-electron chi connectivity index (χ4n) is 1.77. The Hall–Kier alpha value is -2.03. The average Bonchev–Trinajstić information content (AvgIpc) is 2.44. The lowest BCUT2D eigenvalue weighted by atomic mass is 10.1. The van der Waals surface area contributed by atoms with Crippen molar-refractivity contribution in [3.05, 3.63) is 60.8 Å². The Balaban J connectivity index is 2.81. The molecule has 1 aromatic carbocycles. The highest BCUT2D eigenvalue weighted by Gasteiger charge is 2.15. The van der Waals surface area contributed by atoms with E-state index in [1.54, 1.807) is 6.08 Å². The fraction of sp³-hybridized carbons (Fsp3) is 0.312. The minimum atomic E-state index is -0.223. The lowest BCUT2D eigenvalue weighted by molar-refractivity contribution is -0.144. The third-order valence-corrected chi connectivity index (χ3v) is 2.81. The highest BCUT2D eigenvalue weighted by molar-refractivity contribution is 5.71. The molecule has 3 nitrogen and oxygen atoms in total. The van der Waals surface area contributed by atoms with E-state index in [9.17, 15) is 4.79 Å². The van der Waals surface area contributed by atoms with Gasteiger partial charge >= 0.3 is 5.97 Å². The van der Waals surface area contributed by atoms with Gasteiger partial charge < -0.3 is 9.64 Å². The molecular formula is C16H21NO2. The van der Waals surface area contributed by atoms with Gasteiger partial charge in [0.2, 0.25) is 0 Å². The smallest absolute Gasteiger partial charge is 0.325 e. The number of nitrogens with zero attached hydrogens (tertiary/aromatic N) is 1. The summed E-state index contributed by atoms with van der Waals surface area (Å²) in [5.41, 5.74) is 1.15. The summed E-state index contributed by atoms with van der Waals surface area (Å²) in [5.74, 6) is -0.223. The molecule has 0 fully saturated rings. The molecule has 0 aliphatic heterocycles. The standard InChI is InChI=1S/C16H21NO2/c1-4-6-12-17(13-16(18)19-5-2)14(3)15-10-8-7-9-11-15/h4,6-12,14H,1,5,13H2,2-3H3/t14-/m0/s1. The highest BCUT2D eigenvalue weighted by atomic mass is 16.5. The summed E-state index contributed by atoms with van der Waals surface area (Å²) in [5, 5.41) is 0. The van der Waals surface area contributed by atoms with Gasteiger partial charge in [-0.3, -0.25) is 4.79 Å². The topological polar surface area (TPSA) is 29.5 Å². The molecule has 0 bridgehead atoms. The van der Waals surface area contributed by atoms with Crippen LogP contribution in [0.2, 0.25) is 0 Å². The van der Waals surface area contributed by atoms with Crippen LogP contribution in [0.25, 0.3) is 0 Å². The largest absolute Gasteiger partial charge is 0.465 e. The third-order valence-electron chi connectivity index (χ3n) is 2.81. The summed E-state index contributed by atoms with van der Waals surface area (Å²) < 4.78 is 5.00. The van der Waals surface area contributed by atoms with Gasteiger partial charge in [0.05, 0.1) is 12.6 Å². The fourth-order valence-corrected chi connectivity index (χ4v) is 1.77. The van der Waals surface area contributed by atoms with Crippen molar-refractivity contribution in [3.8, 4) is 0 Å². The van der Waals surface area contributed by atoms with Crippen LogP contribution in [-0.2, 0) is 9.53 Å². The average molecular weight is 259 g/mol. The Morgan fingerprint density at radius 3 is 2.68 bits per heavy atom. The van der Waals surface area contributed by atoms with Gasteiger partial charge in [-0.05, 0) is 25.5 Å². The number of carbonyl (C=O) groups excluding carboxylic acids is 1. The van der Waals surface area contributed by atoms with Crippen molar-refractivity contribution in [1.29, 1.82) is 0 Å². The van der Waals surface area contributed by atoms with Crippen LogP contribution in [0.4, 0.5) is 0 Å². The lowest BCUT2D eigenvalue weighted by Crippen LogP contribution is -2.29. The maximum absolute atomic E-state index is 11.6. The monoisotopic (exact) mass is 259 g/mol. The SMILES string of the molecule is C=CC=CN(CC(=O)OCC)[C@@H](C)c1ccccc1. The number of esters is 1. The quantitative estimate of drug-likeness (QED) is 0.556. The van der Waals surface area contributed by atoms with Gasteiger partial charge in [-0.1, -0.05) is 43.0 Å². The van der Waals surface area contributed by atoms with E-state index in [-0.39, 0.29) is 18.6 Å². The Morgan fingerprint density at radius 2 is 2.11 bits per heavy atom. The molecule has 0 amide bonds. The van der Waals surface area contributed by atoms with Crippen LogP contribution in [0, 0.1) is 0 Å². The van der Waals surface area contributed by atoms with Gasteiger partial charge in [0, 0.05) is 6.20 Å². The Labute approximate surface area is 115 Å². The number of ether oxygens (including phenoxy) is 1. The second-order valence-electron chi connectivity index (χ2n) is 4.14. The maximum atomic E-state index is 11.6. The molecule has 102 valence electrons. The van der Waals surface area contributed by atoms with Crippen LogP contribution < -0.4 is 0 Å². The van der Waals surface area contributed by atoms with Crippen molar-refractivity contribution < 1.29 is 9.53 Å². The van der Waals surface area contributed by atoms with Crippen LogP contribution in [0.1, 0.15) is 25.5 Å². The molecule has 19 heavy (non-hydrogen) atoms. The van der Waals surface area contributed by atoms with Gasteiger partial charge in [0.1, 0.15) is 6.54 Å². The summed E-state index contributed by atoms with van der Waals surface area (Å²) in [4.78, 5) is 13.6. The van der Waals surface area contributed by atoms with E-state index in [0.29, 0.717) is 6.61 Å². The predicted octanol–water partition coefficient (Wildman–Crippen LogP) is 3.31. The number of benzene rings is 1. The van der Waals surface area contributed by atoms with Crippen molar-refractivity contribution in [3.63, 3.8) is 0 Å². The molecule has 0 heterocycles. The molecule has 0 aliphatic carbocycles. The first-order chi connectivity index (χ1) is 9.19. The third kappa shape index (κ3) is 5.00. The van der Waals surface area contributed by atoms with E-state index in [0.717, 1.165) is 5.56 Å². The summed E-state index contributed by atoms with van der Waals surface area (Å²) in [6, 6.07) is 10.2. The molecule has 0 saturated carbocycles. The molecular weight excluding hydrogens is 238 g/mol. The van der Waals surface area contributed by atoms with E-state index in [4.69, 9.17) is 4.74 Å².